The normalized spacial score (nSPS) is 11.0. The fourth-order valence-electron chi connectivity index (χ4n) is 2.15. The summed E-state index contributed by atoms with van der Waals surface area (Å²) in [6, 6.07) is 10.6. The number of rotatable bonds is 2. The van der Waals surface area contributed by atoms with E-state index in [-0.39, 0.29) is 0 Å². The first-order chi connectivity index (χ1) is 10.5. The minimum absolute atomic E-state index is 0.464. The van der Waals surface area contributed by atoms with E-state index in [1.54, 1.807) is 24.3 Å². The maximum atomic E-state index is 6.06. The quantitative estimate of drug-likeness (QED) is 0.487. The summed E-state index contributed by atoms with van der Waals surface area (Å²) in [4.78, 5) is 0. The summed E-state index contributed by atoms with van der Waals surface area (Å²) in [6.45, 7) is 1.92. The highest BCUT2D eigenvalue weighted by Crippen LogP contribution is 2.36. The molecule has 3 aromatic rings. The molecule has 2 nitrogen and oxygen atoms in total. The first kappa shape index (κ1) is 15.7. The largest absolute Gasteiger partial charge is 0.355 e. The van der Waals surface area contributed by atoms with Crippen molar-refractivity contribution in [2.45, 2.75) is 6.92 Å². The fraction of sp³-hybridized carbons (Fsp3) is 0.0625. The van der Waals surface area contributed by atoms with Crippen molar-refractivity contribution < 1.29 is 4.52 Å². The number of nitrogens with zero attached hydrogens (tertiary/aromatic N) is 1. The Morgan fingerprint density at radius 3 is 1.91 bits per heavy atom. The van der Waals surface area contributed by atoms with Crippen molar-refractivity contribution in [3.8, 4) is 22.6 Å². The Hall–Kier alpha value is -1.19. The molecule has 0 aliphatic heterocycles. The van der Waals surface area contributed by atoms with E-state index in [1.807, 2.05) is 19.1 Å². The zero-order valence-corrected chi connectivity index (χ0v) is 14.4. The van der Waals surface area contributed by atoms with Crippen LogP contribution in [-0.2, 0) is 0 Å². The van der Waals surface area contributed by atoms with Crippen molar-refractivity contribution in [3.05, 3.63) is 62.1 Å². The van der Waals surface area contributed by atoms with Crippen LogP contribution in [0.4, 0.5) is 0 Å². The van der Waals surface area contributed by atoms with Crippen LogP contribution in [0, 0.1) is 6.92 Å². The lowest BCUT2D eigenvalue weighted by molar-refractivity contribution is 0.434. The van der Waals surface area contributed by atoms with Crippen molar-refractivity contribution in [1.82, 2.24) is 5.16 Å². The molecule has 0 unspecified atom stereocenters. The minimum atomic E-state index is 0.464. The standard InChI is InChI=1S/C16H9Cl4NO/c1-8-15(9-2-4-11(17)13(19)6-9)21-22-16(8)10-3-5-12(18)14(20)7-10/h2-7H,1H3. The SMILES string of the molecule is Cc1c(-c2ccc(Cl)c(Cl)c2)noc1-c1ccc(Cl)c(Cl)c1. The third-order valence-corrected chi connectivity index (χ3v) is 4.78. The van der Waals surface area contributed by atoms with Crippen molar-refractivity contribution in [2.24, 2.45) is 0 Å². The number of aromatic nitrogens is 1. The van der Waals surface area contributed by atoms with E-state index in [9.17, 15) is 0 Å². The van der Waals surface area contributed by atoms with Gasteiger partial charge in [-0.1, -0.05) is 57.6 Å². The molecule has 6 heteroatoms. The molecule has 1 aromatic heterocycles. The van der Waals surface area contributed by atoms with Crippen LogP contribution < -0.4 is 0 Å². The highest BCUT2D eigenvalue weighted by atomic mass is 35.5. The van der Waals surface area contributed by atoms with Gasteiger partial charge in [-0.2, -0.15) is 0 Å². The Morgan fingerprint density at radius 2 is 1.32 bits per heavy atom. The van der Waals surface area contributed by atoms with Crippen LogP contribution >= 0.6 is 46.4 Å². The average Bonchev–Trinajstić information content (AvgIpc) is 2.87. The predicted octanol–water partition coefficient (Wildman–Crippen LogP) is 6.93. The van der Waals surface area contributed by atoms with Gasteiger partial charge in [0.25, 0.3) is 0 Å². The molecule has 0 saturated carbocycles. The van der Waals surface area contributed by atoms with Crippen molar-refractivity contribution >= 4 is 46.4 Å². The number of halogens is 4. The Balaban J connectivity index is 2.08. The van der Waals surface area contributed by atoms with Crippen molar-refractivity contribution in [2.75, 3.05) is 0 Å². The first-order valence-corrected chi connectivity index (χ1v) is 7.85. The average molecular weight is 373 g/mol. The maximum Gasteiger partial charge on any atom is 0.170 e. The molecule has 0 N–H and O–H groups in total. The van der Waals surface area contributed by atoms with Crippen molar-refractivity contribution in [1.29, 1.82) is 0 Å². The Morgan fingerprint density at radius 1 is 0.773 bits per heavy atom. The fourth-order valence-corrected chi connectivity index (χ4v) is 2.75. The molecule has 0 atom stereocenters. The van der Waals surface area contributed by atoms with Gasteiger partial charge in [-0.3, -0.25) is 0 Å². The molecule has 0 spiro atoms. The van der Waals surface area contributed by atoms with Gasteiger partial charge in [0.05, 0.1) is 20.1 Å². The Bertz CT molecular complexity index is 788. The van der Waals surface area contributed by atoms with E-state index in [1.165, 1.54) is 0 Å². The summed E-state index contributed by atoms with van der Waals surface area (Å²) in [7, 11) is 0. The third kappa shape index (κ3) is 2.84. The summed E-state index contributed by atoms with van der Waals surface area (Å²) in [5.41, 5.74) is 3.24. The zero-order chi connectivity index (χ0) is 15.9. The van der Waals surface area contributed by atoms with Gasteiger partial charge in [-0.05, 0) is 37.3 Å². The number of hydrogen-bond donors (Lipinski definition) is 0. The second-order valence-corrected chi connectivity index (χ2v) is 6.37. The van der Waals surface area contributed by atoms with E-state index in [0.717, 1.165) is 16.7 Å². The molecule has 0 aliphatic rings. The van der Waals surface area contributed by atoms with Gasteiger partial charge in [0.15, 0.2) is 5.76 Å². The van der Waals surface area contributed by atoms with Crippen LogP contribution in [0.15, 0.2) is 40.9 Å². The van der Waals surface area contributed by atoms with Crippen LogP contribution in [0.2, 0.25) is 20.1 Å². The van der Waals surface area contributed by atoms with Crippen LogP contribution in [0.25, 0.3) is 22.6 Å². The van der Waals surface area contributed by atoms with E-state index in [2.05, 4.69) is 5.16 Å². The molecular formula is C16H9Cl4NO. The topological polar surface area (TPSA) is 26.0 Å². The van der Waals surface area contributed by atoms with E-state index in [4.69, 9.17) is 50.9 Å². The van der Waals surface area contributed by atoms with Gasteiger partial charge in [-0.25, -0.2) is 0 Å². The highest BCUT2D eigenvalue weighted by Gasteiger charge is 2.16. The highest BCUT2D eigenvalue weighted by molar-refractivity contribution is 6.42. The summed E-state index contributed by atoms with van der Waals surface area (Å²) < 4.78 is 5.47. The second kappa shape index (κ2) is 6.13. The number of hydrogen-bond acceptors (Lipinski definition) is 2. The van der Waals surface area contributed by atoms with Gasteiger partial charge in [0.2, 0.25) is 0 Å². The maximum absolute atomic E-state index is 6.06. The molecule has 3 rings (SSSR count). The van der Waals surface area contributed by atoms with E-state index in [0.29, 0.717) is 31.5 Å². The van der Waals surface area contributed by atoms with Gasteiger partial charge in [0.1, 0.15) is 5.69 Å². The Labute approximate surface area is 147 Å². The molecule has 0 radical (unpaired) electrons. The zero-order valence-electron chi connectivity index (χ0n) is 11.3. The molecule has 112 valence electrons. The first-order valence-electron chi connectivity index (χ1n) is 6.34. The summed E-state index contributed by atoms with van der Waals surface area (Å²) in [5.74, 6) is 0.639. The third-order valence-electron chi connectivity index (χ3n) is 3.30. The molecular weight excluding hydrogens is 364 g/mol. The lowest BCUT2D eigenvalue weighted by atomic mass is 10.0. The molecule has 0 amide bonds. The summed E-state index contributed by atoms with van der Waals surface area (Å²) >= 11 is 24.0. The molecule has 2 aromatic carbocycles. The Kier molecular flexibility index (Phi) is 4.37. The lowest BCUT2D eigenvalue weighted by Gasteiger charge is -2.02. The molecule has 0 fully saturated rings. The van der Waals surface area contributed by atoms with E-state index < -0.39 is 0 Å². The predicted molar refractivity (Wildman–Crippen MR) is 92.2 cm³/mol. The summed E-state index contributed by atoms with van der Waals surface area (Å²) in [6.07, 6.45) is 0. The van der Waals surface area contributed by atoms with Gasteiger partial charge in [0, 0.05) is 16.7 Å². The second-order valence-electron chi connectivity index (χ2n) is 4.74. The summed E-state index contributed by atoms with van der Waals surface area (Å²) in [5, 5.41) is 6.06. The molecule has 0 aliphatic carbocycles. The van der Waals surface area contributed by atoms with Crippen LogP contribution in [-0.4, -0.2) is 5.16 Å². The molecule has 1 heterocycles. The minimum Gasteiger partial charge on any atom is -0.355 e. The molecule has 0 bridgehead atoms. The van der Waals surface area contributed by atoms with Crippen LogP contribution in [0.5, 0.6) is 0 Å². The van der Waals surface area contributed by atoms with Gasteiger partial charge in [-0.15, -0.1) is 0 Å². The van der Waals surface area contributed by atoms with Gasteiger partial charge < -0.3 is 4.52 Å². The van der Waals surface area contributed by atoms with Crippen LogP contribution in [0.3, 0.4) is 0 Å². The lowest BCUT2D eigenvalue weighted by Crippen LogP contribution is -1.83. The number of benzene rings is 2. The van der Waals surface area contributed by atoms with Crippen LogP contribution in [0.1, 0.15) is 5.56 Å². The van der Waals surface area contributed by atoms with Gasteiger partial charge >= 0.3 is 0 Å². The monoisotopic (exact) mass is 371 g/mol. The van der Waals surface area contributed by atoms with E-state index >= 15 is 0 Å². The van der Waals surface area contributed by atoms with Crippen molar-refractivity contribution in [3.63, 3.8) is 0 Å². The smallest absolute Gasteiger partial charge is 0.170 e. The molecule has 22 heavy (non-hydrogen) atoms. The molecule has 0 saturated heterocycles.